The Morgan fingerprint density at radius 3 is 2.83 bits per heavy atom. The van der Waals surface area contributed by atoms with Gasteiger partial charge in [-0.2, -0.15) is 0 Å². The number of carbonyl (C=O) groups excluding carboxylic acids is 1. The van der Waals surface area contributed by atoms with Crippen molar-refractivity contribution in [2.45, 2.75) is 33.1 Å². The summed E-state index contributed by atoms with van der Waals surface area (Å²) in [6.45, 7) is 8.08. The summed E-state index contributed by atoms with van der Waals surface area (Å²) in [6.07, 6.45) is 4.53. The molecule has 6 nitrogen and oxygen atoms in total. The first-order valence-electron chi connectivity index (χ1n) is 9.65. The molecule has 0 unspecified atom stereocenters. The molecule has 3 aromatic rings. The molecule has 0 saturated carbocycles. The minimum Gasteiger partial charge on any atom is -0.462 e. The van der Waals surface area contributed by atoms with E-state index in [0.29, 0.717) is 22.7 Å². The third kappa shape index (κ3) is 3.53. The van der Waals surface area contributed by atoms with E-state index < -0.39 is 0 Å². The number of nitrogens with zero attached hydrogens (tertiary/aromatic N) is 1. The SMILES string of the molecule is C=c1[nH]n(-c2ccc(C)cc2)c(=O)/c1=C\Nc1sc2c(c1C(=O)OCC)CCC2. The van der Waals surface area contributed by atoms with Crippen molar-refractivity contribution in [3.05, 3.63) is 66.8 Å². The van der Waals surface area contributed by atoms with Crippen LogP contribution in [0.15, 0.2) is 29.1 Å². The second-order valence-electron chi connectivity index (χ2n) is 7.05. The monoisotopic (exact) mass is 409 g/mol. The number of carbonyl (C=O) groups is 1. The van der Waals surface area contributed by atoms with Crippen molar-refractivity contribution < 1.29 is 9.53 Å². The molecule has 4 rings (SSSR count). The van der Waals surface area contributed by atoms with E-state index in [4.69, 9.17) is 4.74 Å². The molecule has 0 fully saturated rings. The molecular formula is C22H23N3O3S. The van der Waals surface area contributed by atoms with E-state index in [2.05, 4.69) is 17.0 Å². The number of thiophene rings is 1. The first kappa shape index (κ1) is 19.3. The number of H-pyrrole nitrogens is 1. The Balaban J connectivity index is 1.72. The van der Waals surface area contributed by atoms with Gasteiger partial charge in [0.25, 0.3) is 5.56 Å². The lowest BCUT2D eigenvalue weighted by Gasteiger charge is -2.05. The lowest BCUT2D eigenvalue weighted by atomic mass is 10.1. The second kappa shape index (κ2) is 7.75. The van der Waals surface area contributed by atoms with Gasteiger partial charge in [0.2, 0.25) is 0 Å². The van der Waals surface area contributed by atoms with Crippen molar-refractivity contribution in [2.24, 2.45) is 0 Å². The maximum absolute atomic E-state index is 12.9. The molecule has 29 heavy (non-hydrogen) atoms. The average molecular weight is 410 g/mol. The van der Waals surface area contributed by atoms with Gasteiger partial charge in [-0.1, -0.05) is 24.3 Å². The lowest BCUT2D eigenvalue weighted by molar-refractivity contribution is 0.0527. The number of ether oxygens (including phenoxy) is 1. The van der Waals surface area contributed by atoms with Gasteiger partial charge in [-0.3, -0.25) is 9.89 Å². The molecule has 1 aromatic carbocycles. The molecule has 2 heterocycles. The van der Waals surface area contributed by atoms with Crippen LogP contribution in [-0.2, 0) is 17.6 Å². The summed E-state index contributed by atoms with van der Waals surface area (Å²) in [5, 5.41) is 7.84. The summed E-state index contributed by atoms with van der Waals surface area (Å²) in [5.74, 6) is -0.316. The smallest absolute Gasteiger partial charge is 0.341 e. The predicted molar refractivity (Wildman–Crippen MR) is 116 cm³/mol. The number of hydrogen-bond acceptors (Lipinski definition) is 5. The van der Waals surface area contributed by atoms with E-state index in [1.165, 1.54) is 9.56 Å². The molecule has 1 aliphatic carbocycles. The molecule has 2 aromatic heterocycles. The molecule has 150 valence electrons. The summed E-state index contributed by atoms with van der Waals surface area (Å²) in [7, 11) is 0. The lowest BCUT2D eigenvalue weighted by Crippen LogP contribution is -2.34. The van der Waals surface area contributed by atoms with Crippen LogP contribution >= 0.6 is 11.3 Å². The molecule has 7 heteroatoms. The topological polar surface area (TPSA) is 76.1 Å². The van der Waals surface area contributed by atoms with Crippen molar-refractivity contribution in [2.75, 3.05) is 11.9 Å². The van der Waals surface area contributed by atoms with Crippen LogP contribution in [0.25, 0.3) is 18.5 Å². The number of aromatic nitrogens is 2. The van der Waals surface area contributed by atoms with Crippen LogP contribution in [0.4, 0.5) is 5.00 Å². The highest BCUT2D eigenvalue weighted by atomic mass is 32.1. The van der Waals surface area contributed by atoms with Crippen molar-refractivity contribution in [3.8, 4) is 5.69 Å². The fraction of sp³-hybridized carbons (Fsp3) is 0.273. The first-order valence-corrected chi connectivity index (χ1v) is 10.5. The maximum Gasteiger partial charge on any atom is 0.341 e. The minimum atomic E-state index is -0.316. The van der Waals surface area contributed by atoms with Gasteiger partial charge in [-0.05, 0) is 50.8 Å². The van der Waals surface area contributed by atoms with E-state index in [9.17, 15) is 9.59 Å². The molecule has 0 radical (unpaired) electrons. The quantitative estimate of drug-likeness (QED) is 0.635. The zero-order valence-electron chi connectivity index (χ0n) is 16.5. The Morgan fingerprint density at radius 1 is 1.34 bits per heavy atom. The van der Waals surface area contributed by atoms with Crippen molar-refractivity contribution in [3.63, 3.8) is 0 Å². The highest BCUT2D eigenvalue weighted by Gasteiger charge is 2.27. The maximum atomic E-state index is 12.9. The fourth-order valence-electron chi connectivity index (χ4n) is 3.58. The Morgan fingerprint density at radius 2 is 2.10 bits per heavy atom. The molecule has 0 saturated heterocycles. The van der Waals surface area contributed by atoms with Crippen LogP contribution in [-0.4, -0.2) is 22.4 Å². The van der Waals surface area contributed by atoms with Crippen LogP contribution in [0.2, 0.25) is 0 Å². The predicted octanol–water partition coefficient (Wildman–Crippen LogP) is 2.46. The number of aromatic amines is 1. The molecular weight excluding hydrogens is 386 g/mol. The zero-order valence-corrected chi connectivity index (χ0v) is 17.3. The van der Waals surface area contributed by atoms with Crippen LogP contribution in [0.1, 0.15) is 39.7 Å². The summed E-state index contributed by atoms with van der Waals surface area (Å²) in [5.41, 5.74) is 3.33. The Labute approximate surface area is 172 Å². The van der Waals surface area contributed by atoms with Crippen molar-refractivity contribution in [1.29, 1.82) is 0 Å². The molecule has 0 spiro atoms. The van der Waals surface area contributed by atoms with Gasteiger partial charge in [0.05, 0.1) is 28.4 Å². The fourth-order valence-corrected chi connectivity index (χ4v) is 4.83. The van der Waals surface area contributed by atoms with Gasteiger partial charge in [-0.25, -0.2) is 9.48 Å². The van der Waals surface area contributed by atoms with E-state index in [-0.39, 0.29) is 11.5 Å². The Kier molecular flexibility index (Phi) is 5.15. The highest BCUT2D eigenvalue weighted by Crippen LogP contribution is 2.39. The van der Waals surface area contributed by atoms with Gasteiger partial charge in [-0.15, -0.1) is 11.3 Å². The van der Waals surface area contributed by atoms with Crippen molar-refractivity contribution in [1.82, 2.24) is 9.78 Å². The molecule has 2 N–H and O–H groups in total. The van der Waals surface area contributed by atoms with Gasteiger partial charge in [0.15, 0.2) is 0 Å². The number of nitrogens with one attached hydrogen (secondary N) is 2. The molecule has 1 aliphatic rings. The number of aryl methyl sites for hydroxylation is 2. The highest BCUT2D eigenvalue weighted by molar-refractivity contribution is 7.16. The normalized spacial score (nSPS) is 13.5. The Hall–Kier alpha value is -3.06. The molecule has 0 amide bonds. The molecule has 0 bridgehead atoms. The summed E-state index contributed by atoms with van der Waals surface area (Å²) in [6, 6.07) is 7.66. The largest absolute Gasteiger partial charge is 0.462 e. The zero-order chi connectivity index (χ0) is 20.5. The third-order valence-corrected chi connectivity index (χ3v) is 6.27. The second-order valence-corrected chi connectivity index (χ2v) is 8.16. The average Bonchev–Trinajstić information content (AvgIpc) is 3.34. The number of esters is 1. The van der Waals surface area contributed by atoms with E-state index in [1.807, 2.05) is 31.2 Å². The molecule has 0 atom stereocenters. The first-order chi connectivity index (χ1) is 14.0. The number of rotatable bonds is 5. The van der Waals surface area contributed by atoms with Crippen LogP contribution in [0.3, 0.4) is 0 Å². The number of anilines is 1. The van der Waals surface area contributed by atoms with E-state index in [0.717, 1.165) is 41.1 Å². The van der Waals surface area contributed by atoms with Crippen LogP contribution in [0.5, 0.6) is 0 Å². The van der Waals surface area contributed by atoms with Gasteiger partial charge >= 0.3 is 5.97 Å². The Bertz CT molecular complexity index is 1230. The summed E-state index contributed by atoms with van der Waals surface area (Å²) < 4.78 is 6.72. The standard InChI is InChI=1S/C22H23N3O3S/c1-4-28-22(27)19-16-6-5-7-18(16)29-20(19)23-12-17-14(3)24-25(21(17)26)15-10-8-13(2)9-11-15/h8-12,23-24H,3-7H2,1-2H3/b17-12-. The van der Waals surface area contributed by atoms with Crippen LogP contribution in [0, 0.1) is 6.92 Å². The van der Waals surface area contributed by atoms with Gasteiger partial charge in [0, 0.05) is 11.1 Å². The summed E-state index contributed by atoms with van der Waals surface area (Å²) in [4.78, 5) is 26.6. The molecule has 0 aliphatic heterocycles. The van der Waals surface area contributed by atoms with Crippen molar-refractivity contribution >= 4 is 35.1 Å². The van der Waals surface area contributed by atoms with E-state index >= 15 is 0 Å². The minimum absolute atomic E-state index is 0.201. The van der Waals surface area contributed by atoms with Crippen LogP contribution < -0.4 is 21.4 Å². The number of benzene rings is 1. The van der Waals surface area contributed by atoms with Gasteiger partial charge in [0.1, 0.15) is 5.00 Å². The summed E-state index contributed by atoms with van der Waals surface area (Å²) >= 11 is 1.56. The van der Waals surface area contributed by atoms with E-state index in [1.54, 1.807) is 24.5 Å². The number of hydrogen-bond donors (Lipinski definition) is 2. The third-order valence-electron chi connectivity index (χ3n) is 5.05. The van der Waals surface area contributed by atoms with Gasteiger partial charge < -0.3 is 10.1 Å². The number of fused-ring (bicyclic) bond motifs is 1.